The summed E-state index contributed by atoms with van der Waals surface area (Å²) in [6, 6.07) is -0.482. The van der Waals surface area contributed by atoms with Gasteiger partial charge in [-0.2, -0.15) is 0 Å². The largest absolute Gasteiger partial charge is 0.350 e. The Bertz CT molecular complexity index is 810. The fourth-order valence-electron chi connectivity index (χ4n) is 6.66. The molecule has 0 spiro atoms. The van der Waals surface area contributed by atoms with Gasteiger partial charge in [0, 0.05) is 39.4 Å². The molecule has 0 radical (unpaired) electrons. The Labute approximate surface area is 228 Å². The second-order valence-corrected chi connectivity index (χ2v) is 12.4. The van der Waals surface area contributed by atoms with Crippen molar-refractivity contribution in [2.75, 3.05) is 40.3 Å². The molecule has 6 N–H and O–H groups in total. The van der Waals surface area contributed by atoms with Gasteiger partial charge in [0.25, 0.3) is 0 Å². The molecule has 6 unspecified atom stereocenters. The number of nitrogens with zero attached hydrogens (tertiary/aromatic N) is 3. The summed E-state index contributed by atoms with van der Waals surface area (Å²) >= 11 is 0. The normalized spacial score (nSPS) is 33.8. The van der Waals surface area contributed by atoms with Crippen molar-refractivity contribution in [3.05, 3.63) is 0 Å². The van der Waals surface area contributed by atoms with Crippen molar-refractivity contribution >= 4 is 18.0 Å². The van der Waals surface area contributed by atoms with Gasteiger partial charge in [-0.25, -0.2) is 4.39 Å². The van der Waals surface area contributed by atoms with Crippen molar-refractivity contribution in [2.45, 2.75) is 102 Å². The molecule has 2 amide bonds. The second-order valence-electron chi connectivity index (χ2n) is 12.4. The van der Waals surface area contributed by atoms with Crippen LogP contribution in [0, 0.1) is 17.3 Å². The van der Waals surface area contributed by atoms with E-state index in [-0.39, 0.29) is 35.2 Å². The molecule has 3 aliphatic heterocycles. The maximum Gasteiger partial charge on any atom is 0.228 e. The highest BCUT2D eigenvalue weighted by Crippen LogP contribution is 2.39. The van der Waals surface area contributed by atoms with Gasteiger partial charge in [0.05, 0.1) is 30.1 Å². The molecular weight excluding hydrogens is 485 g/mol. The average Bonchev–Trinajstić information content (AvgIpc) is 2.88. The van der Waals surface area contributed by atoms with E-state index in [0.29, 0.717) is 25.9 Å². The molecule has 0 aliphatic carbocycles. The van der Waals surface area contributed by atoms with Crippen LogP contribution in [0.25, 0.3) is 0 Å². The summed E-state index contributed by atoms with van der Waals surface area (Å²) in [5.41, 5.74) is 12.3. The van der Waals surface area contributed by atoms with E-state index in [2.05, 4.69) is 34.4 Å². The van der Waals surface area contributed by atoms with Crippen LogP contribution < -0.4 is 22.1 Å². The van der Waals surface area contributed by atoms with Crippen LogP contribution in [0.5, 0.6) is 0 Å². The number of halogens is 1. The highest BCUT2D eigenvalue weighted by Gasteiger charge is 2.41. The molecule has 3 heterocycles. The lowest BCUT2D eigenvalue weighted by Gasteiger charge is -2.45. The molecule has 3 aliphatic rings. The van der Waals surface area contributed by atoms with Crippen LogP contribution in [0.15, 0.2) is 4.99 Å². The number of hydrogen-bond donors (Lipinski definition) is 4. The van der Waals surface area contributed by atoms with Gasteiger partial charge in [0.1, 0.15) is 6.17 Å². The summed E-state index contributed by atoms with van der Waals surface area (Å²) in [5, 5.41) is 6.67. The quantitative estimate of drug-likeness (QED) is 0.331. The smallest absolute Gasteiger partial charge is 0.228 e. The predicted octanol–water partition coefficient (Wildman–Crippen LogP) is 1.65. The Morgan fingerprint density at radius 1 is 1.29 bits per heavy atom. The van der Waals surface area contributed by atoms with E-state index >= 15 is 0 Å². The molecule has 2 saturated heterocycles. The number of nitrogens with one attached hydrogen (secondary N) is 2. The summed E-state index contributed by atoms with van der Waals surface area (Å²) in [6.07, 6.45) is 7.01. The van der Waals surface area contributed by atoms with Crippen molar-refractivity contribution in [1.29, 1.82) is 0 Å². The van der Waals surface area contributed by atoms with Gasteiger partial charge < -0.3 is 27.0 Å². The number of amides is 2. The summed E-state index contributed by atoms with van der Waals surface area (Å²) in [7, 11) is 3.61. The van der Waals surface area contributed by atoms with E-state index in [4.69, 9.17) is 11.5 Å². The van der Waals surface area contributed by atoms with Crippen LogP contribution in [-0.2, 0) is 9.59 Å². The second kappa shape index (κ2) is 14.1. The fraction of sp³-hybridized carbons (Fsp3) is 0.893. The zero-order valence-electron chi connectivity index (χ0n) is 24.0. The number of aliphatic imine (C=N–C) groups is 1. The minimum atomic E-state index is -1.12. The molecular formula is C28H52FN7O2. The van der Waals surface area contributed by atoms with Crippen LogP contribution in [0.2, 0.25) is 0 Å². The average molecular weight is 538 g/mol. The molecule has 3 rings (SSSR count). The molecule has 7 atom stereocenters. The van der Waals surface area contributed by atoms with E-state index < -0.39 is 24.3 Å². The summed E-state index contributed by atoms with van der Waals surface area (Å²) in [5.74, 6) is -0.816. The van der Waals surface area contributed by atoms with E-state index in [1.807, 2.05) is 0 Å². The third-order valence-electron chi connectivity index (χ3n) is 8.92. The third kappa shape index (κ3) is 8.19. The number of nitrogens with two attached hydrogens (primary N) is 2. The summed E-state index contributed by atoms with van der Waals surface area (Å²) < 4.78 is 14.5. The van der Waals surface area contributed by atoms with Gasteiger partial charge >= 0.3 is 0 Å². The van der Waals surface area contributed by atoms with Crippen LogP contribution in [0.1, 0.15) is 71.6 Å². The summed E-state index contributed by atoms with van der Waals surface area (Å²) in [4.78, 5) is 35.1. The Hall–Kier alpha value is -1.62. The van der Waals surface area contributed by atoms with Crippen LogP contribution in [-0.4, -0.2) is 98.6 Å². The SMILES string of the molecule is CCCC[C@]1(C)CCC(F)C=NC(C(C(=O)NC2CNCCC2N2CCCC(C(=O)N(C)C)C2)C(N)N)C1. The minimum Gasteiger partial charge on any atom is -0.350 e. The van der Waals surface area contributed by atoms with Gasteiger partial charge in [-0.3, -0.25) is 19.5 Å². The van der Waals surface area contributed by atoms with Crippen molar-refractivity contribution in [3.63, 3.8) is 0 Å². The predicted molar refractivity (Wildman–Crippen MR) is 151 cm³/mol. The van der Waals surface area contributed by atoms with Crippen LogP contribution in [0.3, 0.4) is 0 Å². The Kier molecular flexibility index (Phi) is 11.5. The minimum absolute atomic E-state index is 0.0195. The number of piperidine rings is 2. The zero-order valence-corrected chi connectivity index (χ0v) is 24.0. The molecule has 0 saturated carbocycles. The van der Waals surface area contributed by atoms with Crippen LogP contribution >= 0.6 is 0 Å². The Morgan fingerprint density at radius 2 is 2.05 bits per heavy atom. The number of carbonyl (C=O) groups is 2. The van der Waals surface area contributed by atoms with Gasteiger partial charge in [-0.15, -0.1) is 0 Å². The van der Waals surface area contributed by atoms with E-state index in [0.717, 1.165) is 58.0 Å². The number of rotatable bonds is 9. The Morgan fingerprint density at radius 3 is 2.74 bits per heavy atom. The van der Waals surface area contributed by atoms with Crippen LogP contribution in [0.4, 0.5) is 4.39 Å². The number of alkyl halides is 1. The lowest BCUT2D eigenvalue weighted by molar-refractivity contribution is -0.135. The van der Waals surface area contributed by atoms with E-state index in [1.54, 1.807) is 19.0 Å². The summed E-state index contributed by atoms with van der Waals surface area (Å²) in [6.45, 7) is 7.45. The maximum absolute atomic E-state index is 14.5. The van der Waals surface area contributed by atoms with Crippen molar-refractivity contribution in [3.8, 4) is 0 Å². The molecule has 218 valence electrons. The lowest BCUT2D eigenvalue weighted by atomic mass is 9.72. The maximum atomic E-state index is 14.5. The van der Waals surface area contributed by atoms with Gasteiger partial charge in [-0.05, 0) is 63.5 Å². The molecule has 9 nitrogen and oxygen atoms in total. The van der Waals surface area contributed by atoms with Gasteiger partial charge in [-0.1, -0.05) is 26.7 Å². The first kappa shape index (κ1) is 30.9. The number of likely N-dealkylation sites (tertiary alicyclic amines) is 1. The molecule has 2 fully saturated rings. The topological polar surface area (TPSA) is 129 Å². The molecule has 0 aromatic carbocycles. The number of unbranched alkanes of at least 4 members (excludes halogenated alkanes) is 1. The molecule has 0 aromatic heterocycles. The molecule has 38 heavy (non-hydrogen) atoms. The van der Waals surface area contributed by atoms with Crippen molar-refractivity contribution < 1.29 is 14.0 Å². The monoisotopic (exact) mass is 537 g/mol. The Balaban J connectivity index is 1.76. The van der Waals surface area contributed by atoms with E-state index in [1.165, 1.54) is 6.21 Å². The fourth-order valence-corrected chi connectivity index (χ4v) is 6.66. The lowest BCUT2D eigenvalue weighted by Crippen LogP contribution is -2.64. The number of hydrogen-bond acceptors (Lipinski definition) is 7. The molecule has 10 heteroatoms. The highest BCUT2D eigenvalue weighted by molar-refractivity contribution is 5.81. The highest BCUT2D eigenvalue weighted by atomic mass is 19.1. The number of carbonyl (C=O) groups excluding carboxylic acids is 2. The van der Waals surface area contributed by atoms with Crippen molar-refractivity contribution in [2.24, 2.45) is 33.7 Å². The van der Waals surface area contributed by atoms with Gasteiger partial charge in [0.2, 0.25) is 11.8 Å². The first-order valence-corrected chi connectivity index (χ1v) is 14.7. The van der Waals surface area contributed by atoms with E-state index in [9.17, 15) is 14.0 Å². The van der Waals surface area contributed by atoms with Gasteiger partial charge in [0.15, 0.2) is 0 Å². The zero-order chi connectivity index (χ0) is 27.9. The third-order valence-corrected chi connectivity index (χ3v) is 8.92. The first-order valence-electron chi connectivity index (χ1n) is 14.7. The van der Waals surface area contributed by atoms with Crippen molar-refractivity contribution in [1.82, 2.24) is 20.4 Å². The standard InChI is InChI=1S/C28H52FN7O2/c1-5-6-11-28(2)12-9-20(29)16-33-21(15-28)24(25(30)31)26(37)34-22-17-32-13-10-23(22)36-14-7-8-19(18-36)27(38)35(3)4/h16,19-25,32H,5-15,17-18,30-31H2,1-4H3,(H,34,37)/t19?,20?,21?,22?,23?,24?,28-/m1/s1. The molecule has 0 aromatic rings. The first-order chi connectivity index (χ1) is 18.0. The molecule has 0 bridgehead atoms.